The quantitative estimate of drug-likeness (QED) is 0.0927. The molecule has 2 aliphatic heterocycles. The number of carbonyl (C=O) groups is 3. The second-order valence-electron chi connectivity index (χ2n) is 18.8. The lowest BCUT2D eigenvalue weighted by atomic mass is 9.89. The van der Waals surface area contributed by atoms with Crippen molar-refractivity contribution in [3.05, 3.63) is 154 Å². The van der Waals surface area contributed by atoms with Crippen LogP contribution in [0.15, 0.2) is 109 Å². The van der Waals surface area contributed by atoms with Crippen molar-refractivity contribution in [1.29, 1.82) is 0 Å². The largest absolute Gasteiger partial charge is 0.444 e. The predicted molar refractivity (Wildman–Crippen MR) is 266 cm³/mol. The van der Waals surface area contributed by atoms with Crippen molar-refractivity contribution in [3.8, 4) is 0 Å². The maximum atomic E-state index is 12.9. The van der Waals surface area contributed by atoms with Gasteiger partial charge in [0.25, 0.3) is 11.8 Å². The molecule has 0 aliphatic carbocycles. The van der Waals surface area contributed by atoms with Crippen molar-refractivity contribution in [1.82, 2.24) is 29.4 Å². The molecule has 0 radical (unpaired) electrons. The Labute approximate surface area is 394 Å². The molecule has 4 heterocycles. The molecule has 2 fully saturated rings. The van der Waals surface area contributed by atoms with E-state index in [1.807, 2.05) is 65.9 Å². The minimum atomic E-state index is -0.612. The number of nitrogens with two attached hydrogens (primary N) is 1. The van der Waals surface area contributed by atoms with Gasteiger partial charge in [0.15, 0.2) is 0 Å². The maximum absolute atomic E-state index is 12.9. The highest BCUT2D eigenvalue weighted by Gasteiger charge is 2.24. The zero-order valence-electron chi connectivity index (χ0n) is 40.0. The van der Waals surface area contributed by atoms with Crippen molar-refractivity contribution in [2.24, 2.45) is 14.1 Å². The molecule has 0 atom stereocenters. The van der Waals surface area contributed by atoms with Crippen LogP contribution >= 0.6 is 0 Å². The van der Waals surface area contributed by atoms with Crippen molar-refractivity contribution < 1.29 is 19.1 Å². The lowest BCUT2D eigenvalue weighted by Gasteiger charge is -2.32. The van der Waals surface area contributed by atoms with Gasteiger partial charge in [0.05, 0.1) is 34.1 Å². The number of nitrogen functional groups attached to an aromatic ring is 1. The summed E-state index contributed by atoms with van der Waals surface area (Å²) in [5, 5.41) is 17.4. The molecule has 0 bridgehead atoms. The summed E-state index contributed by atoms with van der Waals surface area (Å²) in [6.45, 7) is 15.7. The number of hydrogen-bond donors (Lipinski definition) is 4. The molecule has 8 rings (SSSR count). The highest BCUT2D eigenvalue weighted by Crippen LogP contribution is 2.31. The number of rotatable bonds is 11. The van der Waals surface area contributed by atoms with Crippen molar-refractivity contribution in [2.75, 3.05) is 47.9 Å². The van der Waals surface area contributed by atoms with Crippen LogP contribution in [0.3, 0.4) is 0 Å². The van der Waals surface area contributed by atoms with Crippen LogP contribution in [-0.2, 0) is 31.9 Å². The Bertz CT molecular complexity index is 2610. The molecular weight excluding hydrogens is 841 g/mol. The number of aromatic nitrogens is 4. The second-order valence-corrected chi connectivity index (χ2v) is 18.8. The Hall–Kier alpha value is -6.77. The van der Waals surface area contributed by atoms with E-state index in [-0.39, 0.29) is 11.8 Å². The number of nitrogens with zero attached hydrogens (tertiary/aromatic N) is 6. The number of benzene rings is 4. The van der Waals surface area contributed by atoms with Crippen molar-refractivity contribution in [3.63, 3.8) is 0 Å². The fourth-order valence-corrected chi connectivity index (χ4v) is 8.87. The van der Waals surface area contributed by atoms with Crippen LogP contribution in [0.5, 0.6) is 0 Å². The van der Waals surface area contributed by atoms with Gasteiger partial charge in [0.1, 0.15) is 5.60 Å². The first-order valence-electron chi connectivity index (χ1n) is 23.3. The SMILES string of the molecule is Cc1nn(C)cc1CN1CCC(c2ccc(C(=O)Nc3ccccc3N)cc2)CC1.Cc1nn(C)cc1CN1CCC(c2ccc(C(=O)Nc3ccccc3NC(=O)OC(C)(C)C)cc2)CC1. The van der Waals surface area contributed by atoms with Crippen LogP contribution in [-0.4, -0.2) is 79.0 Å². The molecule has 2 aromatic heterocycles. The van der Waals surface area contributed by atoms with Gasteiger partial charge in [-0.1, -0.05) is 48.5 Å². The Kier molecular flexibility index (Phi) is 15.6. The highest BCUT2D eigenvalue weighted by molar-refractivity contribution is 6.07. The number of likely N-dealkylation sites (tertiary alicyclic amines) is 2. The standard InChI is InChI=1S/C29H37N5O3.C24H29N5O/c1-20-24(18-33(5)32-20)19-34-16-14-22(15-17-34)21-10-12-23(13-11-21)27(35)30-25-8-6-7-9-26(25)31-28(36)37-29(2,3)4;1-17-21(15-28(2)27-17)16-29-13-11-19(12-14-29)18-7-9-20(10-8-18)24(30)26-23-6-4-3-5-22(23)25/h6-13,18,22H,14-17,19H2,1-5H3,(H,30,35)(H,31,36);3-10,15,19H,11-14,16,25H2,1-2H3,(H,26,30). The van der Waals surface area contributed by atoms with E-state index in [9.17, 15) is 14.4 Å². The monoisotopic (exact) mass is 907 g/mol. The van der Waals surface area contributed by atoms with E-state index in [2.05, 4.69) is 86.5 Å². The summed E-state index contributed by atoms with van der Waals surface area (Å²) in [5.74, 6) is 0.660. The average molecular weight is 907 g/mol. The summed E-state index contributed by atoms with van der Waals surface area (Å²) in [4.78, 5) is 42.7. The number of ether oxygens (including phenoxy) is 1. The number of anilines is 4. The van der Waals surface area contributed by atoms with Gasteiger partial charge in [-0.05, 0) is 158 Å². The molecular formula is C53H66N10O4. The summed E-state index contributed by atoms with van der Waals surface area (Å²) >= 11 is 0. The van der Waals surface area contributed by atoms with Crippen LogP contribution in [0.4, 0.5) is 27.5 Å². The molecule has 4 aromatic carbocycles. The van der Waals surface area contributed by atoms with Gasteiger partial charge in [-0.2, -0.15) is 10.2 Å². The fourth-order valence-electron chi connectivity index (χ4n) is 8.87. The summed E-state index contributed by atoms with van der Waals surface area (Å²) in [5.41, 5.74) is 16.1. The third-order valence-corrected chi connectivity index (χ3v) is 12.5. The third-order valence-electron chi connectivity index (χ3n) is 12.5. The minimum Gasteiger partial charge on any atom is -0.444 e. The molecule has 0 saturated carbocycles. The molecule has 2 aliphatic rings. The number of hydrogen-bond acceptors (Lipinski definition) is 9. The zero-order chi connectivity index (χ0) is 47.7. The Morgan fingerprint density at radius 3 is 1.37 bits per heavy atom. The summed E-state index contributed by atoms with van der Waals surface area (Å²) in [6.07, 6.45) is 8.10. The third kappa shape index (κ3) is 13.4. The van der Waals surface area contributed by atoms with Crippen LogP contribution in [0.25, 0.3) is 0 Å². The van der Waals surface area contributed by atoms with E-state index in [1.165, 1.54) is 22.3 Å². The number of aryl methyl sites for hydroxylation is 4. The van der Waals surface area contributed by atoms with Crippen LogP contribution in [0.2, 0.25) is 0 Å². The topological polar surface area (TPSA) is 165 Å². The summed E-state index contributed by atoms with van der Waals surface area (Å²) in [7, 11) is 3.94. The molecule has 2 saturated heterocycles. The van der Waals surface area contributed by atoms with Gasteiger partial charge in [0, 0.05) is 61.8 Å². The number of carbonyl (C=O) groups excluding carboxylic acids is 3. The molecule has 14 heteroatoms. The smallest absolute Gasteiger partial charge is 0.412 e. The summed E-state index contributed by atoms with van der Waals surface area (Å²) < 4.78 is 9.10. The van der Waals surface area contributed by atoms with E-state index in [0.717, 1.165) is 76.3 Å². The molecule has 67 heavy (non-hydrogen) atoms. The van der Waals surface area contributed by atoms with Gasteiger partial charge in [-0.3, -0.25) is 34.1 Å². The molecule has 3 amide bonds. The first kappa shape index (κ1) is 48.2. The lowest BCUT2D eigenvalue weighted by Crippen LogP contribution is -2.32. The lowest BCUT2D eigenvalue weighted by molar-refractivity contribution is 0.0635. The molecule has 5 N–H and O–H groups in total. The fraction of sp³-hybridized carbons (Fsp3) is 0.377. The highest BCUT2D eigenvalue weighted by atomic mass is 16.6. The van der Waals surface area contributed by atoms with Crippen molar-refractivity contribution >= 4 is 40.7 Å². The van der Waals surface area contributed by atoms with Crippen molar-refractivity contribution in [2.45, 2.75) is 90.8 Å². The number of amides is 3. The van der Waals surface area contributed by atoms with Crippen LogP contribution in [0.1, 0.15) is 113 Å². The number of nitrogens with one attached hydrogen (secondary N) is 3. The van der Waals surface area contributed by atoms with E-state index in [1.54, 1.807) is 51.1 Å². The Morgan fingerprint density at radius 2 is 0.985 bits per heavy atom. The van der Waals surface area contributed by atoms with Gasteiger partial charge < -0.3 is 21.1 Å². The van der Waals surface area contributed by atoms with Crippen LogP contribution in [0, 0.1) is 13.8 Å². The van der Waals surface area contributed by atoms with Gasteiger partial charge in [-0.15, -0.1) is 0 Å². The van der Waals surface area contributed by atoms with E-state index in [4.69, 9.17) is 10.5 Å². The average Bonchev–Trinajstić information content (AvgIpc) is 3.80. The van der Waals surface area contributed by atoms with E-state index in [0.29, 0.717) is 45.7 Å². The molecule has 14 nitrogen and oxygen atoms in total. The Morgan fingerprint density at radius 1 is 0.597 bits per heavy atom. The number of piperidine rings is 2. The minimum absolute atomic E-state index is 0.138. The summed E-state index contributed by atoms with van der Waals surface area (Å²) in [6, 6.07) is 30.2. The van der Waals surface area contributed by atoms with Crippen LogP contribution < -0.4 is 21.7 Å². The molecule has 0 unspecified atom stereocenters. The second kappa shape index (κ2) is 21.7. The van der Waals surface area contributed by atoms with E-state index >= 15 is 0 Å². The van der Waals surface area contributed by atoms with E-state index < -0.39 is 11.7 Å². The first-order valence-corrected chi connectivity index (χ1v) is 23.3. The Balaban J connectivity index is 0.000000203. The van der Waals surface area contributed by atoms with Gasteiger partial charge in [-0.25, -0.2) is 4.79 Å². The van der Waals surface area contributed by atoms with Gasteiger partial charge >= 0.3 is 6.09 Å². The molecule has 0 spiro atoms. The molecule has 352 valence electrons. The first-order chi connectivity index (χ1) is 32.1. The maximum Gasteiger partial charge on any atom is 0.412 e. The van der Waals surface area contributed by atoms with Gasteiger partial charge in [0.2, 0.25) is 0 Å². The predicted octanol–water partition coefficient (Wildman–Crippen LogP) is 9.65. The normalized spacial score (nSPS) is 15.0. The zero-order valence-corrected chi connectivity index (χ0v) is 40.0. The molecule has 6 aromatic rings. The number of para-hydroxylation sites is 4.